The first-order valence-electron chi connectivity index (χ1n) is 9.83. The second-order valence-corrected chi connectivity index (χ2v) is 9.26. The molecule has 0 aliphatic carbocycles. The molecule has 158 valence electrons. The van der Waals surface area contributed by atoms with E-state index in [1.165, 1.54) is 13.8 Å². The molecular formula is C22H32N4O3. The number of amides is 3. The smallest absolute Gasteiger partial charge is 0.235 e. The van der Waals surface area contributed by atoms with Crippen molar-refractivity contribution in [1.29, 1.82) is 0 Å². The molecule has 5 N–H and O–H groups in total. The van der Waals surface area contributed by atoms with Gasteiger partial charge in [-0.1, -0.05) is 39.0 Å². The average Bonchev–Trinajstić information content (AvgIpc) is 3.00. The lowest BCUT2D eigenvalue weighted by Gasteiger charge is -2.25. The van der Waals surface area contributed by atoms with E-state index >= 15 is 0 Å². The molecule has 29 heavy (non-hydrogen) atoms. The van der Waals surface area contributed by atoms with Crippen molar-refractivity contribution < 1.29 is 14.4 Å². The number of nitrogens with one attached hydrogen (secondary N) is 3. The Morgan fingerprint density at radius 2 is 1.76 bits per heavy atom. The zero-order valence-electron chi connectivity index (χ0n) is 17.9. The summed E-state index contributed by atoms with van der Waals surface area (Å²) in [4.78, 5) is 39.7. The normalized spacial score (nSPS) is 13.1. The second-order valence-electron chi connectivity index (χ2n) is 9.26. The molecule has 1 aromatic carbocycles. The lowest BCUT2D eigenvalue weighted by Crippen LogP contribution is -2.51. The van der Waals surface area contributed by atoms with E-state index in [4.69, 9.17) is 5.73 Å². The monoisotopic (exact) mass is 400 g/mol. The van der Waals surface area contributed by atoms with Crippen molar-refractivity contribution in [2.75, 3.05) is 6.54 Å². The quantitative estimate of drug-likeness (QED) is 0.509. The van der Waals surface area contributed by atoms with Gasteiger partial charge in [0.1, 0.15) is 5.41 Å². The predicted molar refractivity (Wildman–Crippen MR) is 114 cm³/mol. The fourth-order valence-electron chi connectivity index (χ4n) is 3.05. The fourth-order valence-corrected chi connectivity index (χ4v) is 3.05. The lowest BCUT2D eigenvalue weighted by atomic mass is 9.91. The number of rotatable bonds is 8. The van der Waals surface area contributed by atoms with Crippen molar-refractivity contribution in [2.24, 2.45) is 16.6 Å². The van der Waals surface area contributed by atoms with Gasteiger partial charge in [-0.2, -0.15) is 0 Å². The minimum atomic E-state index is -1.32. The van der Waals surface area contributed by atoms with Crippen LogP contribution in [0.15, 0.2) is 30.5 Å². The summed E-state index contributed by atoms with van der Waals surface area (Å²) in [5.41, 5.74) is 5.92. The van der Waals surface area contributed by atoms with Crippen LogP contribution in [0.2, 0.25) is 0 Å². The summed E-state index contributed by atoms with van der Waals surface area (Å²) in [5.74, 6) is -1.23. The number of hydrogen-bond acceptors (Lipinski definition) is 3. The molecule has 7 nitrogen and oxygen atoms in total. The molecule has 1 heterocycles. The second kappa shape index (κ2) is 8.68. The molecule has 0 radical (unpaired) electrons. The maximum atomic E-state index is 12.5. The van der Waals surface area contributed by atoms with Crippen molar-refractivity contribution in [3.63, 3.8) is 0 Å². The topological polar surface area (TPSA) is 117 Å². The highest BCUT2D eigenvalue weighted by molar-refractivity contribution is 6.03. The Kier molecular flexibility index (Phi) is 6.72. The number of carbonyl (C=O) groups is 3. The lowest BCUT2D eigenvalue weighted by molar-refractivity contribution is -0.139. The van der Waals surface area contributed by atoms with Gasteiger partial charge in [-0.15, -0.1) is 0 Å². The van der Waals surface area contributed by atoms with Gasteiger partial charge in [-0.3, -0.25) is 14.4 Å². The Labute approximate surface area is 171 Å². The van der Waals surface area contributed by atoms with E-state index in [-0.39, 0.29) is 23.9 Å². The molecule has 1 aromatic heterocycles. The highest BCUT2D eigenvalue weighted by Gasteiger charge is 2.34. The van der Waals surface area contributed by atoms with Crippen molar-refractivity contribution in [3.8, 4) is 0 Å². The Morgan fingerprint density at radius 1 is 1.10 bits per heavy atom. The van der Waals surface area contributed by atoms with E-state index in [1.54, 1.807) is 0 Å². The molecule has 0 bridgehead atoms. The van der Waals surface area contributed by atoms with Gasteiger partial charge in [0.25, 0.3) is 0 Å². The van der Waals surface area contributed by atoms with Gasteiger partial charge < -0.3 is 21.4 Å². The van der Waals surface area contributed by atoms with Crippen molar-refractivity contribution in [1.82, 2.24) is 15.6 Å². The number of nitrogens with two attached hydrogens (primary N) is 1. The zero-order chi connectivity index (χ0) is 21.8. The van der Waals surface area contributed by atoms with Gasteiger partial charge in [-0.05, 0) is 37.3 Å². The zero-order valence-corrected chi connectivity index (χ0v) is 17.9. The van der Waals surface area contributed by atoms with Crippen molar-refractivity contribution in [2.45, 2.75) is 53.5 Å². The van der Waals surface area contributed by atoms with Crippen LogP contribution in [0.3, 0.4) is 0 Å². The predicted octanol–water partition coefficient (Wildman–Crippen LogP) is 2.26. The van der Waals surface area contributed by atoms with Crippen molar-refractivity contribution in [3.05, 3.63) is 36.0 Å². The van der Waals surface area contributed by atoms with E-state index in [1.807, 2.05) is 51.2 Å². The summed E-state index contributed by atoms with van der Waals surface area (Å²) in [6, 6.07) is 7.60. The van der Waals surface area contributed by atoms with Crippen molar-refractivity contribution >= 4 is 28.6 Å². The molecule has 3 amide bonds. The average molecular weight is 401 g/mol. The van der Waals surface area contributed by atoms with Crippen LogP contribution < -0.4 is 16.4 Å². The molecule has 0 unspecified atom stereocenters. The Hall–Kier alpha value is -2.83. The number of para-hydroxylation sites is 1. The summed E-state index contributed by atoms with van der Waals surface area (Å²) in [6.07, 6.45) is 2.83. The molecule has 0 spiro atoms. The highest BCUT2D eigenvalue weighted by Crippen LogP contribution is 2.21. The molecule has 0 saturated carbocycles. The summed E-state index contributed by atoms with van der Waals surface area (Å²) in [6.45, 7) is 9.16. The van der Waals surface area contributed by atoms with Gasteiger partial charge in [0.15, 0.2) is 0 Å². The molecule has 2 aromatic rings. The third-order valence-electron chi connectivity index (χ3n) is 4.89. The van der Waals surface area contributed by atoms with E-state index in [0.717, 1.165) is 16.5 Å². The standard InChI is InChI=1S/C22H32N4O3/c1-21(2,3)11-18(27)26-15(13-25-20(29)22(4,5)19(23)28)10-14-12-24-17-9-7-6-8-16(14)17/h6-9,12,15,24H,10-11,13H2,1-5H3,(H2,23,28)(H,25,29)(H,26,27)/t15-/m1/s1. The van der Waals surface area contributed by atoms with Gasteiger partial charge in [0, 0.05) is 30.1 Å². The highest BCUT2D eigenvalue weighted by atomic mass is 16.2. The molecule has 7 heteroatoms. The molecule has 0 saturated heterocycles. The largest absolute Gasteiger partial charge is 0.369 e. The number of fused-ring (bicyclic) bond motifs is 1. The number of H-pyrrole nitrogens is 1. The van der Waals surface area contributed by atoms with Crippen LogP contribution in [0.1, 0.15) is 46.6 Å². The Morgan fingerprint density at radius 3 is 2.38 bits per heavy atom. The summed E-state index contributed by atoms with van der Waals surface area (Å²) < 4.78 is 0. The number of primary amides is 1. The van der Waals surface area contributed by atoms with Crippen LogP contribution in [-0.4, -0.2) is 35.3 Å². The van der Waals surface area contributed by atoms with E-state index in [2.05, 4.69) is 15.6 Å². The van der Waals surface area contributed by atoms with Gasteiger partial charge in [-0.25, -0.2) is 0 Å². The minimum Gasteiger partial charge on any atom is -0.369 e. The van der Waals surface area contributed by atoms with Crippen LogP contribution in [0.25, 0.3) is 10.9 Å². The third-order valence-corrected chi connectivity index (χ3v) is 4.89. The maximum absolute atomic E-state index is 12.5. The first-order chi connectivity index (χ1) is 13.4. The van der Waals surface area contributed by atoms with Gasteiger partial charge in [0.05, 0.1) is 6.04 Å². The van der Waals surface area contributed by atoms with Crippen LogP contribution in [0.5, 0.6) is 0 Å². The number of carbonyl (C=O) groups excluding carboxylic acids is 3. The fraction of sp³-hybridized carbons (Fsp3) is 0.500. The summed E-state index contributed by atoms with van der Waals surface area (Å²) in [7, 11) is 0. The number of aromatic amines is 1. The molecule has 0 aliphatic rings. The van der Waals surface area contributed by atoms with E-state index in [9.17, 15) is 14.4 Å². The first-order valence-corrected chi connectivity index (χ1v) is 9.83. The molecule has 0 aliphatic heterocycles. The van der Waals surface area contributed by atoms with E-state index in [0.29, 0.717) is 12.8 Å². The van der Waals surface area contributed by atoms with Crippen LogP contribution in [-0.2, 0) is 20.8 Å². The molecular weight excluding hydrogens is 368 g/mol. The van der Waals surface area contributed by atoms with E-state index < -0.39 is 17.2 Å². The number of aromatic nitrogens is 1. The summed E-state index contributed by atoms with van der Waals surface area (Å²) in [5, 5.41) is 6.87. The third kappa shape index (κ3) is 6.07. The van der Waals surface area contributed by atoms with Gasteiger partial charge >= 0.3 is 0 Å². The Balaban J connectivity index is 2.15. The molecule has 0 fully saturated rings. The number of hydrogen-bond donors (Lipinski definition) is 4. The molecule has 1 atom stereocenters. The molecule has 2 rings (SSSR count). The SMILES string of the molecule is CC(C)(C)CC(=O)N[C@@H](CNC(=O)C(C)(C)C(N)=O)Cc1c[nH]c2ccccc12. The minimum absolute atomic E-state index is 0.0780. The maximum Gasteiger partial charge on any atom is 0.235 e. The first kappa shape index (κ1) is 22.5. The van der Waals surface area contributed by atoms with Crippen LogP contribution in [0.4, 0.5) is 0 Å². The summed E-state index contributed by atoms with van der Waals surface area (Å²) >= 11 is 0. The number of benzene rings is 1. The van der Waals surface area contributed by atoms with Crippen LogP contribution >= 0.6 is 0 Å². The van der Waals surface area contributed by atoms with Gasteiger partial charge in [0.2, 0.25) is 17.7 Å². The Bertz CT molecular complexity index is 893. The van der Waals surface area contributed by atoms with Crippen LogP contribution in [0, 0.1) is 10.8 Å².